The molecule has 1 saturated carbocycles. The molecule has 0 N–H and O–H groups in total. The summed E-state index contributed by atoms with van der Waals surface area (Å²) in [5.41, 5.74) is 0. The Kier molecular flexibility index (Phi) is 3.63. The van der Waals surface area contributed by atoms with E-state index in [9.17, 15) is 0 Å². The van der Waals surface area contributed by atoms with E-state index < -0.39 is 0 Å². The van der Waals surface area contributed by atoms with Gasteiger partial charge in [0.1, 0.15) is 0 Å². The Balaban J connectivity index is 2.28. The largest absolute Gasteiger partial charge is 0.148 e. The molecule has 0 aliphatic heterocycles. The van der Waals surface area contributed by atoms with Crippen LogP contribution in [0.1, 0.15) is 39.5 Å². The molecule has 1 rings (SSSR count). The van der Waals surface area contributed by atoms with Crippen LogP contribution in [0.15, 0.2) is 0 Å². The van der Waals surface area contributed by atoms with Gasteiger partial charge in [-0.2, -0.15) is 0 Å². The number of thioether (sulfide) groups is 2. The molecule has 0 bridgehead atoms. The van der Waals surface area contributed by atoms with Crippen LogP contribution in [0, 0.1) is 0 Å². The van der Waals surface area contributed by atoms with Gasteiger partial charge in [-0.15, -0.1) is 23.5 Å². The van der Waals surface area contributed by atoms with Crippen molar-refractivity contribution in [1.29, 1.82) is 0 Å². The highest BCUT2D eigenvalue weighted by molar-refractivity contribution is 8.18. The molecule has 1 aliphatic carbocycles. The molecule has 1 fully saturated rings. The van der Waals surface area contributed by atoms with E-state index in [-0.39, 0.29) is 0 Å². The molecule has 0 heterocycles. The molecule has 0 spiro atoms. The van der Waals surface area contributed by atoms with Crippen LogP contribution in [0.25, 0.3) is 0 Å². The zero-order chi connectivity index (χ0) is 8.32. The van der Waals surface area contributed by atoms with Gasteiger partial charge in [0.25, 0.3) is 0 Å². The first kappa shape index (κ1) is 9.79. The molecule has 0 aromatic heterocycles. The van der Waals surface area contributed by atoms with Crippen LogP contribution in [0.2, 0.25) is 0 Å². The Bertz CT molecular complexity index is 115. The van der Waals surface area contributed by atoms with E-state index in [0.29, 0.717) is 4.08 Å². The highest BCUT2D eigenvalue weighted by Crippen LogP contribution is 2.42. The fourth-order valence-corrected chi connectivity index (χ4v) is 3.62. The molecule has 0 atom stereocenters. The molecule has 0 aromatic carbocycles. The predicted octanol–water partition coefficient (Wildman–Crippen LogP) is 3.76. The van der Waals surface area contributed by atoms with Gasteiger partial charge in [0.05, 0.1) is 4.08 Å². The highest BCUT2D eigenvalue weighted by atomic mass is 32.2. The van der Waals surface area contributed by atoms with Gasteiger partial charge in [-0.05, 0) is 32.9 Å². The Morgan fingerprint density at radius 2 is 1.73 bits per heavy atom. The van der Waals surface area contributed by atoms with Crippen molar-refractivity contribution in [3.63, 3.8) is 0 Å². The van der Waals surface area contributed by atoms with Crippen LogP contribution in [0.4, 0.5) is 0 Å². The second-order valence-corrected chi connectivity index (χ2v) is 7.24. The van der Waals surface area contributed by atoms with Crippen molar-refractivity contribution < 1.29 is 0 Å². The smallest absolute Gasteiger partial charge is 0.0555 e. The van der Waals surface area contributed by atoms with Gasteiger partial charge in [0.15, 0.2) is 0 Å². The van der Waals surface area contributed by atoms with Crippen molar-refractivity contribution >= 4 is 23.5 Å². The first-order valence-corrected chi connectivity index (χ1v) is 6.47. The third kappa shape index (κ3) is 3.29. The van der Waals surface area contributed by atoms with E-state index >= 15 is 0 Å². The first-order valence-electron chi connectivity index (χ1n) is 4.37. The number of hydrogen-bond acceptors (Lipinski definition) is 2. The molecule has 11 heavy (non-hydrogen) atoms. The minimum atomic E-state index is 0.439. The van der Waals surface area contributed by atoms with Crippen molar-refractivity contribution in [2.45, 2.75) is 48.9 Å². The summed E-state index contributed by atoms with van der Waals surface area (Å²) in [6.07, 6.45) is 8.04. The number of hydrogen-bond donors (Lipinski definition) is 0. The van der Waals surface area contributed by atoms with E-state index in [1.807, 2.05) is 11.8 Å². The summed E-state index contributed by atoms with van der Waals surface area (Å²) < 4.78 is 0.439. The van der Waals surface area contributed by atoms with E-state index in [1.165, 1.54) is 25.7 Å². The van der Waals surface area contributed by atoms with Crippen LogP contribution in [-0.4, -0.2) is 15.6 Å². The van der Waals surface area contributed by atoms with Gasteiger partial charge in [0.2, 0.25) is 0 Å². The van der Waals surface area contributed by atoms with Gasteiger partial charge < -0.3 is 0 Å². The molecular formula is C9H18S2. The highest BCUT2D eigenvalue weighted by Gasteiger charge is 2.24. The molecule has 0 nitrogen and oxygen atoms in total. The second-order valence-electron chi connectivity index (χ2n) is 3.63. The van der Waals surface area contributed by atoms with Crippen LogP contribution < -0.4 is 0 Å². The van der Waals surface area contributed by atoms with Crippen molar-refractivity contribution in [3.8, 4) is 0 Å². The average molecular weight is 190 g/mol. The molecule has 66 valence electrons. The summed E-state index contributed by atoms with van der Waals surface area (Å²) in [5.74, 6) is 0. The van der Waals surface area contributed by atoms with Gasteiger partial charge in [-0.25, -0.2) is 0 Å². The lowest BCUT2D eigenvalue weighted by Crippen LogP contribution is -2.13. The lowest BCUT2D eigenvalue weighted by molar-refractivity contribution is 0.886. The maximum absolute atomic E-state index is 2.33. The van der Waals surface area contributed by atoms with Crippen LogP contribution >= 0.6 is 23.5 Å². The molecule has 0 amide bonds. The monoisotopic (exact) mass is 190 g/mol. The van der Waals surface area contributed by atoms with E-state index in [2.05, 4.69) is 31.9 Å². The maximum Gasteiger partial charge on any atom is 0.0555 e. The van der Waals surface area contributed by atoms with E-state index in [4.69, 9.17) is 0 Å². The molecule has 0 radical (unpaired) electrons. The Morgan fingerprint density at radius 1 is 1.18 bits per heavy atom. The quantitative estimate of drug-likeness (QED) is 0.621. The van der Waals surface area contributed by atoms with Gasteiger partial charge >= 0.3 is 0 Å². The third-order valence-electron chi connectivity index (χ3n) is 2.24. The normalized spacial score (nSPS) is 21.0. The molecule has 1 aliphatic rings. The van der Waals surface area contributed by atoms with Gasteiger partial charge in [0, 0.05) is 5.25 Å². The fraction of sp³-hybridized carbons (Fsp3) is 1.00. The Morgan fingerprint density at radius 3 is 2.18 bits per heavy atom. The summed E-state index contributed by atoms with van der Waals surface area (Å²) in [5, 5.41) is 0.956. The summed E-state index contributed by atoms with van der Waals surface area (Å²) >= 11 is 4.15. The summed E-state index contributed by atoms with van der Waals surface area (Å²) in [6, 6.07) is 0. The van der Waals surface area contributed by atoms with Crippen molar-refractivity contribution in [1.82, 2.24) is 0 Å². The summed E-state index contributed by atoms with van der Waals surface area (Å²) in [6.45, 7) is 4.67. The van der Waals surface area contributed by atoms with Crippen molar-refractivity contribution in [2.24, 2.45) is 0 Å². The molecular weight excluding hydrogens is 172 g/mol. The fourth-order valence-electron chi connectivity index (χ4n) is 1.46. The topological polar surface area (TPSA) is 0 Å². The zero-order valence-electron chi connectivity index (χ0n) is 7.72. The van der Waals surface area contributed by atoms with Gasteiger partial charge in [-0.1, -0.05) is 12.8 Å². The van der Waals surface area contributed by atoms with Crippen LogP contribution in [0.3, 0.4) is 0 Å². The molecule has 2 heteroatoms. The third-order valence-corrected chi connectivity index (χ3v) is 5.39. The Labute approximate surface area is 78.9 Å². The summed E-state index contributed by atoms with van der Waals surface area (Å²) in [4.78, 5) is 0. The van der Waals surface area contributed by atoms with Crippen molar-refractivity contribution in [3.05, 3.63) is 0 Å². The minimum Gasteiger partial charge on any atom is -0.148 e. The van der Waals surface area contributed by atoms with E-state index in [0.717, 1.165) is 5.25 Å². The zero-order valence-corrected chi connectivity index (χ0v) is 9.36. The van der Waals surface area contributed by atoms with Crippen molar-refractivity contribution in [2.75, 3.05) is 6.26 Å². The Hall–Kier alpha value is 0.700. The first-order chi connectivity index (χ1) is 5.14. The summed E-state index contributed by atoms with van der Waals surface area (Å²) in [7, 11) is 0. The average Bonchev–Trinajstić information content (AvgIpc) is 2.39. The SMILES string of the molecule is CSC(C)(C)SC1CCCC1. The lowest BCUT2D eigenvalue weighted by Gasteiger charge is -2.24. The van der Waals surface area contributed by atoms with Crippen LogP contribution in [0.5, 0.6) is 0 Å². The number of rotatable bonds is 3. The maximum atomic E-state index is 2.33. The molecule has 0 unspecified atom stereocenters. The predicted molar refractivity (Wildman–Crippen MR) is 57.4 cm³/mol. The second kappa shape index (κ2) is 4.08. The van der Waals surface area contributed by atoms with Gasteiger partial charge in [-0.3, -0.25) is 0 Å². The lowest BCUT2D eigenvalue weighted by atomic mass is 10.4. The molecule has 0 saturated heterocycles. The standard InChI is InChI=1S/C9H18S2/c1-9(2,10-3)11-8-6-4-5-7-8/h8H,4-7H2,1-3H3. The van der Waals surface area contributed by atoms with Crippen LogP contribution in [-0.2, 0) is 0 Å². The minimum absolute atomic E-state index is 0.439. The molecule has 0 aromatic rings. The van der Waals surface area contributed by atoms with E-state index in [1.54, 1.807) is 0 Å².